The van der Waals surface area contributed by atoms with E-state index in [1.807, 2.05) is 13.0 Å². The van der Waals surface area contributed by atoms with Gasteiger partial charge in [0.15, 0.2) is 11.7 Å². The van der Waals surface area contributed by atoms with Gasteiger partial charge in [0.05, 0.1) is 17.1 Å². The van der Waals surface area contributed by atoms with Crippen LogP contribution in [0.15, 0.2) is 44.7 Å². The van der Waals surface area contributed by atoms with Crippen molar-refractivity contribution in [2.24, 2.45) is 4.99 Å². The molecule has 0 atom stereocenters. The van der Waals surface area contributed by atoms with E-state index in [4.69, 9.17) is 4.52 Å². The van der Waals surface area contributed by atoms with E-state index in [2.05, 4.69) is 39.4 Å². The van der Waals surface area contributed by atoms with Gasteiger partial charge >= 0.3 is 0 Å². The first-order valence-corrected chi connectivity index (χ1v) is 11.3. The largest absolute Gasteiger partial charge is 0.359 e. The summed E-state index contributed by atoms with van der Waals surface area (Å²) in [7, 11) is -1.87. The summed E-state index contributed by atoms with van der Waals surface area (Å²) in [5.41, 5.74) is 1.99. The van der Waals surface area contributed by atoms with Crippen LogP contribution < -0.4 is 15.4 Å². The van der Waals surface area contributed by atoms with Gasteiger partial charge in [0.2, 0.25) is 10.0 Å². The van der Waals surface area contributed by atoms with Crippen LogP contribution in [0.5, 0.6) is 0 Å². The number of hydrogen-bond donors (Lipinski definition) is 3. The van der Waals surface area contributed by atoms with Crippen LogP contribution in [0.2, 0.25) is 0 Å². The van der Waals surface area contributed by atoms with Crippen molar-refractivity contribution in [1.29, 1.82) is 0 Å². The lowest BCUT2D eigenvalue weighted by atomic mass is 9.99. The van der Waals surface area contributed by atoms with Gasteiger partial charge in [-0.2, -0.15) is 0 Å². The summed E-state index contributed by atoms with van der Waals surface area (Å²) in [6.45, 7) is 7.26. The van der Waals surface area contributed by atoms with Gasteiger partial charge in [-0.1, -0.05) is 36.7 Å². The number of aromatic nitrogens is 1. The number of rotatable bonds is 10. The maximum absolute atomic E-state index is 12.3. The van der Waals surface area contributed by atoms with Crippen molar-refractivity contribution in [3.63, 3.8) is 0 Å². The van der Waals surface area contributed by atoms with Gasteiger partial charge < -0.3 is 15.2 Å². The Morgan fingerprint density at radius 3 is 2.40 bits per heavy atom. The monoisotopic (exact) mass is 549 g/mol. The zero-order valence-electron chi connectivity index (χ0n) is 17.9. The summed E-state index contributed by atoms with van der Waals surface area (Å²) >= 11 is 0. The third-order valence-electron chi connectivity index (χ3n) is 4.68. The predicted octanol–water partition coefficient (Wildman–Crippen LogP) is 3.15. The topological polar surface area (TPSA) is 109 Å². The Kier molecular flexibility index (Phi) is 11.3. The van der Waals surface area contributed by atoms with Crippen LogP contribution >= 0.6 is 24.0 Å². The lowest BCUT2D eigenvalue weighted by Crippen LogP contribution is -2.41. The third kappa shape index (κ3) is 7.88. The number of guanidine groups is 1. The number of aryl methyl sites for hydroxylation is 1. The molecule has 3 N–H and O–H groups in total. The molecule has 0 aliphatic carbocycles. The number of aliphatic imine (C=N–C) groups is 1. The van der Waals surface area contributed by atoms with Crippen molar-refractivity contribution in [3.05, 3.63) is 47.3 Å². The summed E-state index contributed by atoms with van der Waals surface area (Å²) in [6.07, 6.45) is 2.05. The first kappa shape index (κ1) is 26.4. The van der Waals surface area contributed by atoms with E-state index in [-0.39, 0.29) is 35.4 Å². The molecule has 0 radical (unpaired) electrons. The molecule has 10 heteroatoms. The Bertz CT molecular complexity index is 893. The minimum Gasteiger partial charge on any atom is -0.359 e. The molecule has 0 unspecified atom stereocenters. The highest BCUT2D eigenvalue weighted by atomic mass is 127. The van der Waals surface area contributed by atoms with Crippen LogP contribution in [0.25, 0.3) is 0 Å². The standard InChI is InChI=1S/C20H31N5O3S.HI/c1-5-16(6-2)19-13-17(28-25-19)14-23-20(21-4)22-11-12-24-29(26,27)18-9-7-15(3)8-10-18;/h7-10,13,16,24H,5-6,11-12,14H2,1-4H3,(H2,21,22,23);1H. The molecule has 0 aliphatic rings. The van der Waals surface area contributed by atoms with Gasteiger partial charge in [-0.25, -0.2) is 13.1 Å². The number of benzene rings is 1. The lowest BCUT2D eigenvalue weighted by Gasteiger charge is -2.11. The van der Waals surface area contributed by atoms with Crippen LogP contribution in [0, 0.1) is 6.92 Å². The van der Waals surface area contributed by atoms with E-state index in [1.54, 1.807) is 31.3 Å². The summed E-state index contributed by atoms with van der Waals surface area (Å²) in [5.74, 6) is 1.70. The van der Waals surface area contributed by atoms with E-state index in [0.717, 1.165) is 29.9 Å². The van der Waals surface area contributed by atoms with Crippen LogP contribution in [0.4, 0.5) is 0 Å². The molecule has 1 aromatic heterocycles. The normalized spacial score (nSPS) is 12.0. The van der Waals surface area contributed by atoms with E-state index >= 15 is 0 Å². The molecule has 0 saturated carbocycles. The summed E-state index contributed by atoms with van der Waals surface area (Å²) in [4.78, 5) is 4.39. The Hall–Kier alpha value is -1.66. The van der Waals surface area contributed by atoms with Gasteiger partial charge in [-0.15, -0.1) is 24.0 Å². The molecular weight excluding hydrogens is 517 g/mol. The molecule has 168 valence electrons. The molecule has 0 saturated heterocycles. The fourth-order valence-corrected chi connectivity index (χ4v) is 3.90. The van der Waals surface area contributed by atoms with E-state index in [0.29, 0.717) is 25.0 Å². The van der Waals surface area contributed by atoms with E-state index in [1.165, 1.54) is 0 Å². The number of halogens is 1. The van der Waals surface area contributed by atoms with Crippen LogP contribution in [0.1, 0.15) is 49.6 Å². The van der Waals surface area contributed by atoms with Crippen molar-refractivity contribution < 1.29 is 12.9 Å². The van der Waals surface area contributed by atoms with Crippen molar-refractivity contribution in [2.75, 3.05) is 20.1 Å². The number of hydrogen-bond acceptors (Lipinski definition) is 5. The van der Waals surface area contributed by atoms with Gasteiger partial charge in [0, 0.05) is 32.1 Å². The molecule has 0 spiro atoms. The highest BCUT2D eigenvalue weighted by Gasteiger charge is 2.14. The SMILES string of the molecule is CCC(CC)c1cc(CNC(=NC)NCCNS(=O)(=O)c2ccc(C)cc2)on1.I. The average Bonchev–Trinajstić information content (AvgIpc) is 3.17. The summed E-state index contributed by atoms with van der Waals surface area (Å²) in [6, 6.07) is 8.71. The van der Waals surface area contributed by atoms with Gasteiger partial charge in [-0.05, 0) is 31.9 Å². The molecule has 1 aromatic carbocycles. The predicted molar refractivity (Wildman–Crippen MR) is 130 cm³/mol. The molecule has 1 heterocycles. The molecule has 30 heavy (non-hydrogen) atoms. The molecular formula is C20H32IN5O3S. The smallest absolute Gasteiger partial charge is 0.240 e. The molecule has 0 fully saturated rings. The molecule has 0 amide bonds. The van der Waals surface area contributed by atoms with Crippen molar-refractivity contribution in [2.45, 2.75) is 51.0 Å². The fourth-order valence-electron chi connectivity index (χ4n) is 2.87. The Balaban J connectivity index is 0.00000450. The zero-order valence-corrected chi connectivity index (χ0v) is 21.1. The average molecular weight is 549 g/mol. The first-order valence-electron chi connectivity index (χ1n) is 9.86. The van der Waals surface area contributed by atoms with Crippen molar-refractivity contribution in [1.82, 2.24) is 20.5 Å². The highest BCUT2D eigenvalue weighted by molar-refractivity contribution is 14.0. The second-order valence-electron chi connectivity index (χ2n) is 6.79. The van der Waals surface area contributed by atoms with Crippen LogP contribution in [-0.2, 0) is 16.6 Å². The van der Waals surface area contributed by atoms with Crippen molar-refractivity contribution >= 4 is 40.0 Å². The number of nitrogens with zero attached hydrogens (tertiary/aromatic N) is 2. The van der Waals surface area contributed by atoms with Crippen LogP contribution in [-0.4, -0.2) is 39.7 Å². The maximum Gasteiger partial charge on any atom is 0.240 e. The van der Waals surface area contributed by atoms with E-state index < -0.39 is 10.0 Å². The fraction of sp³-hybridized carbons (Fsp3) is 0.500. The quantitative estimate of drug-likeness (QED) is 0.182. The van der Waals surface area contributed by atoms with Gasteiger partial charge in [0.1, 0.15) is 0 Å². The number of sulfonamides is 1. The molecule has 8 nitrogen and oxygen atoms in total. The first-order chi connectivity index (χ1) is 13.9. The number of nitrogens with one attached hydrogen (secondary N) is 3. The van der Waals surface area contributed by atoms with E-state index in [9.17, 15) is 8.42 Å². The van der Waals surface area contributed by atoms with Gasteiger partial charge in [0.25, 0.3) is 0 Å². The zero-order chi connectivity index (χ0) is 21.3. The molecule has 2 aromatic rings. The summed E-state index contributed by atoms with van der Waals surface area (Å²) < 4.78 is 32.5. The Morgan fingerprint density at radius 2 is 1.80 bits per heavy atom. The van der Waals surface area contributed by atoms with Crippen LogP contribution in [0.3, 0.4) is 0 Å². The highest BCUT2D eigenvalue weighted by Crippen LogP contribution is 2.22. The Labute approximate surface area is 196 Å². The third-order valence-corrected chi connectivity index (χ3v) is 6.15. The molecule has 0 aliphatic heterocycles. The molecule has 2 rings (SSSR count). The van der Waals surface area contributed by atoms with Gasteiger partial charge in [-0.3, -0.25) is 4.99 Å². The minimum absolute atomic E-state index is 0. The second-order valence-corrected chi connectivity index (χ2v) is 8.56. The Morgan fingerprint density at radius 1 is 1.13 bits per heavy atom. The molecule has 0 bridgehead atoms. The second kappa shape index (κ2) is 12.9. The summed E-state index contributed by atoms with van der Waals surface area (Å²) in [5, 5.41) is 10.4. The lowest BCUT2D eigenvalue weighted by molar-refractivity contribution is 0.368. The minimum atomic E-state index is -3.52. The maximum atomic E-state index is 12.3. The van der Waals surface area contributed by atoms with Crippen molar-refractivity contribution in [3.8, 4) is 0 Å².